The molecule has 0 aromatic heterocycles. The summed E-state index contributed by atoms with van der Waals surface area (Å²) in [5.41, 5.74) is 0. The molecule has 0 heterocycles. The van der Waals surface area contributed by atoms with E-state index in [0.717, 1.165) is 38.5 Å². The van der Waals surface area contributed by atoms with Gasteiger partial charge in [0.2, 0.25) is 0 Å². The Kier molecular flexibility index (Phi) is 13.2. The van der Waals surface area contributed by atoms with Gasteiger partial charge in [-0.25, -0.2) is 0 Å². The van der Waals surface area contributed by atoms with Crippen LogP contribution in [-0.4, -0.2) is 25.2 Å². The van der Waals surface area contributed by atoms with Gasteiger partial charge < -0.3 is 14.7 Å². The van der Waals surface area contributed by atoms with E-state index in [-0.39, 0.29) is 30.0 Å². The largest absolute Gasteiger partial charge is 0.329 e. The van der Waals surface area contributed by atoms with Crippen LogP contribution in [0.15, 0.2) is 0 Å². The Balaban J connectivity index is 0. The summed E-state index contributed by atoms with van der Waals surface area (Å²) in [7, 11) is -0.656. The van der Waals surface area contributed by atoms with Crippen LogP contribution < -0.4 is 0 Å². The van der Waals surface area contributed by atoms with Crippen molar-refractivity contribution in [2.24, 2.45) is 0 Å². The van der Waals surface area contributed by atoms with Gasteiger partial charge in [-0.05, 0) is 12.8 Å². The molecule has 0 aliphatic rings. The molecular formula is C12H29O3PSZn. The van der Waals surface area contributed by atoms with Crippen LogP contribution in [0.3, 0.4) is 0 Å². The van der Waals surface area contributed by atoms with Gasteiger partial charge in [-0.2, -0.15) is 0 Å². The SMILES string of the molecule is CCCCC(C)S(C(C)CCCC)=P(O)(O)O.[Zn]. The van der Waals surface area contributed by atoms with E-state index < -0.39 is 16.8 Å². The van der Waals surface area contributed by atoms with Gasteiger partial charge in [-0.15, -0.1) is 10.1 Å². The zero-order valence-corrected chi connectivity index (χ0v) is 17.0. The molecule has 0 aromatic rings. The van der Waals surface area contributed by atoms with E-state index in [9.17, 15) is 14.7 Å². The van der Waals surface area contributed by atoms with E-state index >= 15 is 0 Å². The molecule has 0 rings (SSSR count). The molecule has 0 bridgehead atoms. The summed E-state index contributed by atoms with van der Waals surface area (Å²) in [6.07, 6.45) is 6.34. The fraction of sp³-hybridized carbons (Fsp3) is 1.00. The summed E-state index contributed by atoms with van der Waals surface area (Å²) in [6, 6.07) is 0. The van der Waals surface area contributed by atoms with Gasteiger partial charge in [0.05, 0.1) is 0 Å². The van der Waals surface area contributed by atoms with Gasteiger partial charge in [0.1, 0.15) is 0 Å². The van der Waals surface area contributed by atoms with Gasteiger partial charge in [0.25, 0.3) is 6.72 Å². The maximum Gasteiger partial charge on any atom is 0.277 e. The van der Waals surface area contributed by atoms with Crippen LogP contribution in [0.2, 0.25) is 0 Å². The van der Waals surface area contributed by atoms with Gasteiger partial charge in [-0.3, -0.25) is 0 Å². The van der Waals surface area contributed by atoms with Crippen molar-refractivity contribution >= 4 is 16.8 Å². The Morgan fingerprint density at radius 3 is 1.44 bits per heavy atom. The first-order valence-electron chi connectivity index (χ1n) is 6.64. The van der Waals surface area contributed by atoms with Crippen LogP contribution in [-0.2, 0) is 29.6 Å². The summed E-state index contributed by atoms with van der Waals surface area (Å²) in [5.74, 6) is 0. The number of hydrogen-bond acceptors (Lipinski definition) is 0. The summed E-state index contributed by atoms with van der Waals surface area (Å²) < 4.78 is 0. The van der Waals surface area contributed by atoms with E-state index in [2.05, 4.69) is 13.8 Å². The molecule has 0 aliphatic heterocycles. The monoisotopic (exact) mass is 348 g/mol. The van der Waals surface area contributed by atoms with Crippen molar-refractivity contribution in [2.45, 2.75) is 76.7 Å². The smallest absolute Gasteiger partial charge is 0.277 e. The molecule has 0 radical (unpaired) electrons. The average Bonchev–Trinajstić information content (AvgIpc) is 2.21. The summed E-state index contributed by atoms with van der Waals surface area (Å²) in [4.78, 5) is 29.0. The van der Waals surface area contributed by atoms with Gasteiger partial charge >= 0.3 is 0 Å². The maximum atomic E-state index is 9.65. The topological polar surface area (TPSA) is 60.7 Å². The van der Waals surface area contributed by atoms with Gasteiger partial charge in [0.15, 0.2) is 0 Å². The fourth-order valence-corrected chi connectivity index (χ4v) is 8.21. The molecule has 0 aromatic carbocycles. The first-order chi connectivity index (χ1) is 7.84. The van der Waals surface area contributed by atoms with Crippen molar-refractivity contribution in [1.29, 1.82) is 0 Å². The molecule has 0 spiro atoms. The minimum absolute atomic E-state index is 0. The Labute approximate surface area is 127 Å². The predicted molar refractivity (Wildman–Crippen MR) is 78.9 cm³/mol. The van der Waals surface area contributed by atoms with E-state index in [1.165, 1.54) is 0 Å². The second kappa shape index (κ2) is 11.0. The number of unbranched alkanes of at least 4 members (excludes halogenated alkanes) is 2. The molecule has 3 N–H and O–H groups in total. The minimum Gasteiger partial charge on any atom is -0.329 e. The summed E-state index contributed by atoms with van der Waals surface area (Å²) >= 11 is 0. The molecule has 2 atom stereocenters. The molecule has 0 amide bonds. The van der Waals surface area contributed by atoms with Crippen LogP contribution in [0.4, 0.5) is 0 Å². The van der Waals surface area contributed by atoms with Crippen molar-refractivity contribution < 1.29 is 34.2 Å². The Bertz CT molecular complexity index is 244. The second-order valence-corrected chi connectivity index (χ2v) is 10.8. The molecule has 0 aliphatic carbocycles. The van der Waals surface area contributed by atoms with E-state index in [0.29, 0.717) is 0 Å². The fourth-order valence-electron chi connectivity index (χ4n) is 2.10. The molecule has 0 saturated heterocycles. The molecule has 2 unspecified atom stereocenters. The molecule has 6 heteroatoms. The van der Waals surface area contributed by atoms with Crippen molar-refractivity contribution in [3.8, 4) is 0 Å². The molecule has 18 heavy (non-hydrogen) atoms. The van der Waals surface area contributed by atoms with Crippen LogP contribution in [0, 0.1) is 0 Å². The third-order valence-corrected chi connectivity index (χ3v) is 9.58. The first-order valence-corrected chi connectivity index (χ1v) is 10.2. The zero-order chi connectivity index (χ0) is 13.5. The minimum atomic E-state index is -3.69. The third kappa shape index (κ3) is 8.45. The molecule has 0 fully saturated rings. The van der Waals surface area contributed by atoms with E-state index in [1.54, 1.807) is 0 Å². The standard InChI is InChI=1S/C12H29O3PS.Zn/c1-5-7-9-11(3)17(16(13,14)15)12(4)10-8-6-2;/h11-15H,5-10H2,1-4H3;. The summed E-state index contributed by atoms with van der Waals surface area (Å²) in [6.45, 7) is 4.65. The molecule has 108 valence electrons. The molecular weight excluding hydrogens is 321 g/mol. The van der Waals surface area contributed by atoms with Crippen molar-refractivity contribution in [3.63, 3.8) is 0 Å². The number of hydrogen-bond donors (Lipinski definition) is 3. The maximum absolute atomic E-state index is 9.65. The van der Waals surface area contributed by atoms with Crippen molar-refractivity contribution in [1.82, 2.24) is 0 Å². The van der Waals surface area contributed by atoms with E-state index in [1.807, 2.05) is 13.8 Å². The molecule has 3 nitrogen and oxygen atoms in total. The van der Waals surface area contributed by atoms with E-state index in [4.69, 9.17) is 0 Å². The normalized spacial score (nSPS) is 16.8. The van der Waals surface area contributed by atoms with Gasteiger partial charge in [0, 0.05) is 30.0 Å². The van der Waals surface area contributed by atoms with Crippen LogP contribution in [0.1, 0.15) is 66.2 Å². The zero-order valence-electron chi connectivity index (χ0n) is 12.3. The second-order valence-electron chi connectivity index (χ2n) is 4.77. The van der Waals surface area contributed by atoms with Crippen molar-refractivity contribution in [3.05, 3.63) is 0 Å². The first kappa shape index (κ1) is 21.6. The third-order valence-electron chi connectivity index (χ3n) is 3.04. The number of rotatable bonds is 8. The van der Waals surface area contributed by atoms with Gasteiger partial charge in [-0.1, -0.05) is 53.4 Å². The summed E-state index contributed by atoms with van der Waals surface area (Å²) in [5, 5.41) is 0.408. The van der Waals surface area contributed by atoms with Crippen molar-refractivity contribution in [2.75, 3.05) is 0 Å². The van der Waals surface area contributed by atoms with Crippen LogP contribution in [0.25, 0.3) is 0 Å². The quantitative estimate of drug-likeness (QED) is 0.465. The van der Waals surface area contributed by atoms with Crippen LogP contribution in [0.5, 0.6) is 0 Å². The Morgan fingerprint density at radius 1 is 0.889 bits per heavy atom. The Morgan fingerprint density at radius 2 is 1.22 bits per heavy atom. The Hall–Kier alpha value is 1.28. The predicted octanol–water partition coefficient (Wildman–Crippen LogP) is 3.41. The average molecular weight is 350 g/mol. The van der Waals surface area contributed by atoms with Crippen LogP contribution >= 0.6 is 6.72 Å². The molecule has 0 saturated carbocycles.